The highest BCUT2D eigenvalue weighted by Gasteiger charge is 2.77. The molecule has 9 heteroatoms. The maximum absolute atomic E-state index is 14.7. The van der Waals surface area contributed by atoms with Gasteiger partial charge in [0.1, 0.15) is 18.2 Å². The quantitative estimate of drug-likeness (QED) is 0.233. The smallest absolute Gasteiger partial charge is 0.312 e. The van der Waals surface area contributed by atoms with Gasteiger partial charge in [0.15, 0.2) is 0 Å². The molecule has 4 aliphatic rings. The molecule has 2 amide bonds. The van der Waals surface area contributed by atoms with Gasteiger partial charge in [0.25, 0.3) is 0 Å². The summed E-state index contributed by atoms with van der Waals surface area (Å²) in [5, 5.41) is 10.6. The molecule has 3 unspecified atom stereocenters. The molecule has 3 heterocycles. The first-order valence-corrected chi connectivity index (χ1v) is 15.3. The molecule has 3 aliphatic heterocycles. The number of amides is 2. The third kappa shape index (κ3) is 4.94. The number of ether oxygens (including phenoxy) is 2. The fourth-order valence-electron chi connectivity index (χ4n) is 7.49. The second kappa shape index (κ2) is 12.2. The van der Waals surface area contributed by atoms with Crippen LogP contribution in [0.3, 0.4) is 0 Å². The van der Waals surface area contributed by atoms with E-state index in [0.29, 0.717) is 19.4 Å². The molecule has 0 radical (unpaired) electrons. The molecule has 5 rings (SSSR count). The van der Waals surface area contributed by atoms with Crippen LogP contribution in [-0.2, 0) is 30.3 Å². The van der Waals surface area contributed by atoms with E-state index in [-0.39, 0.29) is 35.9 Å². The second-order valence-corrected chi connectivity index (χ2v) is 12.6. The minimum Gasteiger partial charge on any atom is -0.461 e. The van der Waals surface area contributed by atoms with E-state index in [2.05, 4.69) is 29.1 Å². The molecule has 2 bridgehead atoms. The van der Waals surface area contributed by atoms with E-state index in [4.69, 9.17) is 9.47 Å². The van der Waals surface area contributed by atoms with Gasteiger partial charge in [-0.2, -0.15) is 0 Å². The Morgan fingerprint density at radius 2 is 1.93 bits per heavy atom. The van der Waals surface area contributed by atoms with Gasteiger partial charge in [-0.1, -0.05) is 84.3 Å². The molecular weight excluding hydrogens is 576 g/mol. The monoisotopic (exact) mass is 614 g/mol. The van der Waals surface area contributed by atoms with Crippen LogP contribution < -0.4 is 0 Å². The summed E-state index contributed by atoms with van der Waals surface area (Å²) in [6, 6.07) is 8.01. The zero-order chi connectivity index (χ0) is 28.4. The standard InChI is InChI=1S/C31H39BrN2O6/c1-3-15-33(21-13-9-6-10-14-21)29(37)27-31-18-23(32)26(40-31)24(30(38)39-16-4-2)25(31)28(36)34(27)22(19-35)17-20-11-7-5-8-12-20/h3-5,7-8,11-12,21-27,35H,1-2,6,9-10,13-19H2/t22-,23?,24-,25+,26-,27?,31?/m1/s1. The topological polar surface area (TPSA) is 96.4 Å². The van der Waals surface area contributed by atoms with E-state index in [9.17, 15) is 19.5 Å². The summed E-state index contributed by atoms with van der Waals surface area (Å²) in [4.78, 5) is 45.7. The predicted octanol–water partition coefficient (Wildman–Crippen LogP) is 3.41. The van der Waals surface area contributed by atoms with Crippen molar-refractivity contribution in [3.63, 3.8) is 0 Å². The number of carbonyl (C=O) groups excluding carboxylic acids is 3. The van der Waals surface area contributed by atoms with E-state index in [1.54, 1.807) is 11.0 Å². The number of fused-ring (bicyclic) bond motifs is 1. The zero-order valence-corrected chi connectivity index (χ0v) is 24.4. The number of benzene rings is 1. The fraction of sp³-hybridized carbons (Fsp3) is 0.581. The fourth-order valence-corrected chi connectivity index (χ4v) is 8.43. The molecule has 7 atom stereocenters. The molecule has 8 nitrogen and oxygen atoms in total. The van der Waals surface area contributed by atoms with Crippen LogP contribution in [0.25, 0.3) is 0 Å². The van der Waals surface area contributed by atoms with Crippen molar-refractivity contribution in [1.82, 2.24) is 9.80 Å². The Morgan fingerprint density at radius 1 is 1.20 bits per heavy atom. The van der Waals surface area contributed by atoms with Gasteiger partial charge >= 0.3 is 5.97 Å². The van der Waals surface area contributed by atoms with Gasteiger partial charge in [-0.25, -0.2) is 0 Å². The number of carbonyl (C=O) groups is 3. The summed E-state index contributed by atoms with van der Waals surface area (Å²) >= 11 is 3.70. The molecule has 0 aromatic heterocycles. The summed E-state index contributed by atoms with van der Waals surface area (Å²) in [7, 11) is 0. The van der Waals surface area contributed by atoms with Crippen LogP contribution in [-0.4, -0.2) is 87.1 Å². The van der Waals surface area contributed by atoms with Crippen LogP contribution in [0, 0.1) is 11.8 Å². The molecule has 4 fully saturated rings. The van der Waals surface area contributed by atoms with Crippen LogP contribution in [0.15, 0.2) is 55.6 Å². The van der Waals surface area contributed by atoms with Crippen molar-refractivity contribution >= 4 is 33.7 Å². The van der Waals surface area contributed by atoms with E-state index >= 15 is 0 Å². The maximum atomic E-state index is 14.7. The Kier molecular flexibility index (Phi) is 8.83. The summed E-state index contributed by atoms with van der Waals surface area (Å²) in [6.07, 6.45) is 8.41. The molecule has 1 aromatic rings. The lowest BCUT2D eigenvalue weighted by Gasteiger charge is -2.42. The molecule has 3 saturated heterocycles. The minimum atomic E-state index is -1.21. The number of halogens is 1. The molecule has 40 heavy (non-hydrogen) atoms. The molecular formula is C31H39BrN2O6. The van der Waals surface area contributed by atoms with E-state index in [1.807, 2.05) is 35.2 Å². The van der Waals surface area contributed by atoms with E-state index in [0.717, 1.165) is 37.7 Å². The Balaban J connectivity index is 1.58. The van der Waals surface area contributed by atoms with Crippen molar-refractivity contribution in [2.24, 2.45) is 11.8 Å². The van der Waals surface area contributed by atoms with Gasteiger partial charge in [-0.05, 0) is 31.2 Å². The van der Waals surface area contributed by atoms with Crippen molar-refractivity contribution in [2.45, 2.75) is 79.6 Å². The number of nitrogens with zero attached hydrogens (tertiary/aromatic N) is 2. The third-order valence-electron chi connectivity index (χ3n) is 9.12. The normalized spacial score (nSPS) is 32.0. The minimum absolute atomic E-state index is 0.0249. The SMILES string of the molecule is C=CCOC(=O)[C@H]1[C@@H]2OC3(CC2Br)C(C(=O)N(CC=C)C2CCCCC2)N([C@@H](CO)Cc2ccccc2)C(=O)[C@H]13. The van der Waals surface area contributed by atoms with Crippen LogP contribution >= 0.6 is 15.9 Å². The number of rotatable bonds is 11. The number of hydrogen-bond acceptors (Lipinski definition) is 6. The Morgan fingerprint density at radius 3 is 2.58 bits per heavy atom. The van der Waals surface area contributed by atoms with Crippen LogP contribution in [0.5, 0.6) is 0 Å². The lowest BCUT2D eigenvalue weighted by molar-refractivity contribution is -0.156. The van der Waals surface area contributed by atoms with Crippen molar-refractivity contribution < 1.29 is 29.0 Å². The average Bonchev–Trinajstić information content (AvgIpc) is 3.57. The largest absolute Gasteiger partial charge is 0.461 e. The Hall–Kier alpha value is -2.49. The number of esters is 1. The van der Waals surface area contributed by atoms with Gasteiger partial charge < -0.3 is 24.4 Å². The Bertz CT molecular complexity index is 1120. The van der Waals surface area contributed by atoms with Crippen LogP contribution in [0.1, 0.15) is 44.1 Å². The predicted molar refractivity (Wildman–Crippen MR) is 154 cm³/mol. The lowest BCUT2D eigenvalue weighted by atomic mass is 9.70. The number of aliphatic hydroxyl groups is 1. The van der Waals surface area contributed by atoms with Gasteiger partial charge in [0, 0.05) is 17.4 Å². The molecule has 1 N–H and O–H groups in total. The highest BCUT2D eigenvalue weighted by Crippen LogP contribution is 2.61. The van der Waals surface area contributed by atoms with Gasteiger partial charge in [0.05, 0.1) is 30.6 Å². The third-order valence-corrected chi connectivity index (χ3v) is 9.96. The number of aliphatic hydroxyl groups excluding tert-OH is 1. The van der Waals surface area contributed by atoms with E-state index in [1.165, 1.54) is 6.08 Å². The molecule has 1 aliphatic carbocycles. The maximum Gasteiger partial charge on any atom is 0.312 e. The first-order valence-electron chi connectivity index (χ1n) is 14.4. The number of alkyl halides is 1. The van der Waals surface area contributed by atoms with Gasteiger partial charge in [-0.3, -0.25) is 14.4 Å². The highest BCUT2D eigenvalue weighted by atomic mass is 79.9. The first-order chi connectivity index (χ1) is 19.4. The van der Waals surface area contributed by atoms with Crippen molar-refractivity contribution in [3.8, 4) is 0 Å². The zero-order valence-electron chi connectivity index (χ0n) is 22.8. The summed E-state index contributed by atoms with van der Waals surface area (Å²) in [5.41, 5.74) is -0.265. The van der Waals surface area contributed by atoms with Gasteiger partial charge in [0.2, 0.25) is 11.8 Å². The van der Waals surface area contributed by atoms with Crippen LogP contribution in [0.4, 0.5) is 0 Å². The van der Waals surface area contributed by atoms with E-state index < -0.39 is 41.6 Å². The van der Waals surface area contributed by atoms with Crippen LogP contribution in [0.2, 0.25) is 0 Å². The summed E-state index contributed by atoms with van der Waals surface area (Å²) in [6.45, 7) is 7.59. The van der Waals surface area contributed by atoms with Crippen molar-refractivity contribution in [1.29, 1.82) is 0 Å². The lowest BCUT2D eigenvalue weighted by Crippen LogP contribution is -2.60. The Labute approximate surface area is 244 Å². The number of likely N-dealkylation sites (tertiary alicyclic amines) is 1. The summed E-state index contributed by atoms with van der Waals surface area (Å²) in [5.74, 6) is -2.79. The van der Waals surface area contributed by atoms with Crippen molar-refractivity contribution in [3.05, 3.63) is 61.2 Å². The summed E-state index contributed by atoms with van der Waals surface area (Å²) < 4.78 is 12.1. The molecule has 216 valence electrons. The van der Waals surface area contributed by atoms with Gasteiger partial charge in [-0.15, -0.1) is 6.58 Å². The average molecular weight is 616 g/mol. The molecule has 1 spiro atoms. The van der Waals surface area contributed by atoms with Crippen molar-refractivity contribution in [2.75, 3.05) is 19.8 Å². The molecule has 1 aromatic carbocycles. The molecule has 1 saturated carbocycles. The second-order valence-electron chi connectivity index (χ2n) is 11.4. The number of hydrogen-bond donors (Lipinski definition) is 1. The first kappa shape index (κ1) is 29.0. The highest BCUT2D eigenvalue weighted by molar-refractivity contribution is 9.09.